The fraction of sp³-hybridized carbons (Fsp3) is 0. The molecule has 0 fully saturated rings. The van der Waals surface area contributed by atoms with Gasteiger partial charge in [0.1, 0.15) is 0 Å². The summed E-state index contributed by atoms with van der Waals surface area (Å²) in [6, 6.07) is 20.3. The van der Waals surface area contributed by atoms with Gasteiger partial charge in [0.05, 0.1) is 16.1 Å². The molecule has 0 heterocycles. The molecule has 3 aromatic rings. The van der Waals surface area contributed by atoms with Gasteiger partial charge in [-0.15, -0.1) is 0 Å². The van der Waals surface area contributed by atoms with Crippen LogP contribution in [0.2, 0.25) is 0 Å². The van der Waals surface area contributed by atoms with Crippen LogP contribution in [-0.4, -0.2) is 20.2 Å². The molecule has 0 aliphatic rings. The van der Waals surface area contributed by atoms with Crippen molar-refractivity contribution in [3.05, 3.63) is 90.0 Å². The van der Waals surface area contributed by atoms with E-state index in [0.717, 1.165) is 0 Å². The third kappa shape index (κ3) is 4.36. The molecule has 3 rings (SSSR count). The van der Waals surface area contributed by atoms with Gasteiger partial charge in [-0.2, -0.15) is 0 Å². The van der Waals surface area contributed by atoms with Gasteiger partial charge in [-0.3, -0.25) is 14.3 Å². The largest absolute Gasteiger partial charge is 0.366 e. The van der Waals surface area contributed by atoms with Crippen molar-refractivity contribution in [1.29, 1.82) is 0 Å². The molecule has 0 bridgehead atoms. The van der Waals surface area contributed by atoms with Crippen LogP contribution in [0.5, 0.6) is 0 Å². The highest BCUT2D eigenvalue weighted by Gasteiger charge is 2.16. The maximum atomic E-state index is 12.5. The molecule has 0 saturated carbocycles. The van der Waals surface area contributed by atoms with Gasteiger partial charge in [0.15, 0.2) is 0 Å². The molecule has 0 unspecified atom stereocenters. The van der Waals surface area contributed by atoms with Crippen molar-refractivity contribution in [2.75, 3.05) is 10.0 Å². The number of nitrogens with two attached hydrogens (primary N) is 1. The number of amides is 2. The quantitative estimate of drug-likeness (QED) is 0.595. The molecule has 0 radical (unpaired) electrons. The van der Waals surface area contributed by atoms with E-state index in [1.54, 1.807) is 42.5 Å². The summed E-state index contributed by atoms with van der Waals surface area (Å²) in [5.41, 5.74) is 6.21. The molecular formula is C20H17N3O4S. The number of rotatable bonds is 6. The van der Waals surface area contributed by atoms with E-state index in [-0.39, 0.29) is 27.4 Å². The zero-order chi connectivity index (χ0) is 20.1. The van der Waals surface area contributed by atoms with Gasteiger partial charge in [-0.05, 0) is 42.5 Å². The number of sulfonamides is 1. The minimum atomic E-state index is -3.78. The highest BCUT2D eigenvalue weighted by atomic mass is 32.2. The van der Waals surface area contributed by atoms with Gasteiger partial charge in [-0.1, -0.05) is 36.4 Å². The molecule has 0 aromatic heterocycles. The third-order valence-electron chi connectivity index (χ3n) is 3.87. The number of nitrogens with one attached hydrogen (secondary N) is 2. The van der Waals surface area contributed by atoms with E-state index in [1.165, 1.54) is 36.4 Å². The van der Waals surface area contributed by atoms with Gasteiger partial charge in [0.25, 0.3) is 21.8 Å². The number of para-hydroxylation sites is 1. The molecular weight excluding hydrogens is 378 g/mol. The number of primary amides is 1. The summed E-state index contributed by atoms with van der Waals surface area (Å²) in [6.45, 7) is 0. The van der Waals surface area contributed by atoms with Crippen LogP contribution in [-0.2, 0) is 10.0 Å². The van der Waals surface area contributed by atoms with Crippen molar-refractivity contribution in [2.45, 2.75) is 4.90 Å². The van der Waals surface area contributed by atoms with E-state index in [0.29, 0.717) is 0 Å². The van der Waals surface area contributed by atoms with E-state index in [4.69, 9.17) is 5.73 Å². The smallest absolute Gasteiger partial charge is 0.261 e. The lowest BCUT2D eigenvalue weighted by Crippen LogP contribution is -2.18. The van der Waals surface area contributed by atoms with Gasteiger partial charge < -0.3 is 11.1 Å². The molecule has 0 spiro atoms. The lowest BCUT2D eigenvalue weighted by atomic mass is 10.1. The van der Waals surface area contributed by atoms with Crippen molar-refractivity contribution < 1.29 is 18.0 Å². The average molecular weight is 395 g/mol. The lowest BCUT2D eigenvalue weighted by molar-refractivity contribution is 0.100. The Hall–Kier alpha value is -3.65. The summed E-state index contributed by atoms with van der Waals surface area (Å²) in [6.07, 6.45) is 0. The number of carbonyl (C=O) groups excluding carboxylic acids is 2. The fourth-order valence-corrected chi connectivity index (χ4v) is 3.61. The number of benzene rings is 3. The second-order valence-corrected chi connectivity index (χ2v) is 7.55. The molecule has 142 valence electrons. The number of hydrogen-bond donors (Lipinski definition) is 3. The Morgan fingerprint density at radius 3 is 2.21 bits per heavy atom. The van der Waals surface area contributed by atoms with Crippen LogP contribution >= 0.6 is 0 Å². The highest BCUT2D eigenvalue weighted by molar-refractivity contribution is 7.92. The van der Waals surface area contributed by atoms with Crippen molar-refractivity contribution in [1.82, 2.24) is 0 Å². The van der Waals surface area contributed by atoms with Crippen LogP contribution in [0, 0.1) is 0 Å². The first-order valence-electron chi connectivity index (χ1n) is 8.25. The Morgan fingerprint density at radius 2 is 1.50 bits per heavy atom. The normalized spacial score (nSPS) is 10.9. The van der Waals surface area contributed by atoms with E-state index < -0.39 is 21.8 Å². The van der Waals surface area contributed by atoms with Crippen molar-refractivity contribution in [3.63, 3.8) is 0 Å². The molecule has 28 heavy (non-hydrogen) atoms. The summed E-state index contributed by atoms with van der Waals surface area (Å²) in [5.74, 6) is -1.17. The molecule has 0 aliphatic heterocycles. The standard InChI is InChI=1S/C20H17N3O4S/c21-19(24)17-11-4-5-12-18(17)22-20(25)14-7-6-8-15(13-14)23-28(26,27)16-9-2-1-3-10-16/h1-13,23H,(H2,21,24)(H,22,25). The lowest BCUT2D eigenvalue weighted by Gasteiger charge is -2.11. The predicted octanol–water partition coefficient (Wildman–Crippen LogP) is 2.84. The van der Waals surface area contributed by atoms with Gasteiger partial charge in [-0.25, -0.2) is 8.42 Å². The maximum Gasteiger partial charge on any atom is 0.261 e. The minimum Gasteiger partial charge on any atom is -0.366 e. The summed E-state index contributed by atoms with van der Waals surface area (Å²) in [4.78, 5) is 24.1. The molecule has 0 saturated heterocycles. The van der Waals surface area contributed by atoms with Crippen LogP contribution in [0.4, 0.5) is 11.4 Å². The van der Waals surface area contributed by atoms with Crippen LogP contribution in [0.3, 0.4) is 0 Å². The second-order valence-electron chi connectivity index (χ2n) is 5.86. The van der Waals surface area contributed by atoms with Crippen LogP contribution in [0.1, 0.15) is 20.7 Å². The Balaban J connectivity index is 1.82. The van der Waals surface area contributed by atoms with Crippen molar-refractivity contribution in [3.8, 4) is 0 Å². The Morgan fingerprint density at radius 1 is 0.821 bits per heavy atom. The van der Waals surface area contributed by atoms with Crippen LogP contribution < -0.4 is 15.8 Å². The minimum absolute atomic E-state index is 0.111. The van der Waals surface area contributed by atoms with E-state index in [2.05, 4.69) is 10.0 Å². The SMILES string of the molecule is NC(=O)c1ccccc1NC(=O)c1cccc(NS(=O)(=O)c2ccccc2)c1. The van der Waals surface area contributed by atoms with Gasteiger partial charge in [0.2, 0.25) is 0 Å². The number of anilines is 2. The molecule has 4 N–H and O–H groups in total. The monoisotopic (exact) mass is 395 g/mol. The molecule has 0 aliphatic carbocycles. The maximum absolute atomic E-state index is 12.5. The molecule has 8 heteroatoms. The highest BCUT2D eigenvalue weighted by Crippen LogP contribution is 2.19. The molecule has 7 nitrogen and oxygen atoms in total. The van der Waals surface area contributed by atoms with E-state index in [9.17, 15) is 18.0 Å². The van der Waals surface area contributed by atoms with Crippen molar-refractivity contribution >= 4 is 33.2 Å². The topological polar surface area (TPSA) is 118 Å². The van der Waals surface area contributed by atoms with E-state index >= 15 is 0 Å². The Kier molecular flexibility index (Phi) is 5.42. The predicted molar refractivity (Wildman–Crippen MR) is 107 cm³/mol. The summed E-state index contributed by atoms with van der Waals surface area (Å²) in [5, 5.41) is 2.61. The second kappa shape index (κ2) is 7.93. The zero-order valence-electron chi connectivity index (χ0n) is 14.6. The summed E-state index contributed by atoms with van der Waals surface area (Å²) < 4.78 is 27.3. The third-order valence-corrected chi connectivity index (χ3v) is 5.27. The average Bonchev–Trinajstić information content (AvgIpc) is 2.69. The summed E-state index contributed by atoms with van der Waals surface area (Å²) in [7, 11) is -3.78. The van der Waals surface area contributed by atoms with Gasteiger partial charge >= 0.3 is 0 Å². The van der Waals surface area contributed by atoms with E-state index in [1.807, 2.05) is 0 Å². The molecule has 2 amide bonds. The first-order valence-corrected chi connectivity index (χ1v) is 9.73. The number of carbonyl (C=O) groups is 2. The Labute approximate surface area is 162 Å². The van der Waals surface area contributed by atoms with Crippen LogP contribution in [0.15, 0.2) is 83.8 Å². The summed E-state index contributed by atoms with van der Waals surface area (Å²) >= 11 is 0. The first kappa shape index (κ1) is 19.1. The Bertz CT molecular complexity index is 1130. The fourth-order valence-electron chi connectivity index (χ4n) is 2.54. The number of hydrogen-bond acceptors (Lipinski definition) is 4. The molecule has 3 aromatic carbocycles. The van der Waals surface area contributed by atoms with Crippen LogP contribution in [0.25, 0.3) is 0 Å². The van der Waals surface area contributed by atoms with Crippen molar-refractivity contribution in [2.24, 2.45) is 5.73 Å². The molecule has 0 atom stereocenters. The zero-order valence-corrected chi connectivity index (χ0v) is 15.4. The van der Waals surface area contributed by atoms with Gasteiger partial charge in [0, 0.05) is 11.3 Å². The first-order chi connectivity index (χ1) is 13.4.